The molecule has 0 aliphatic heterocycles. The zero-order valence-corrected chi connectivity index (χ0v) is 18.3. The van der Waals surface area contributed by atoms with Crippen molar-refractivity contribution in [3.63, 3.8) is 0 Å². The van der Waals surface area contributed by atoms with Crippen molar-refractivity contribution < 1.29 is 28.5 Å². The van der Waals surface area contributed by atoms with Crippen LogP contribution in [-0.2, 0) is 0 Å². The first-order valence-corrected chi connectivity index (χ1v) is 9.76. The Morgan fingerprint density at radius 3 is 1.33 bits per heavy atom. The Bertz CT molecular complexity index is 881. The standard InChI is InChI=1S/C24H28O6/c1-7-29-19-11-9-17(13-21(19)27-5)23(25)15(3)16(4)24(26)18-10-12-20(30-8-2)22(14-18)28-6/h9-14H,7-8H2,1-6H3/b16-15-. The summed E-state index contributed by atoms with van der Waals surface area (Å²) >= 11 is 0. The van der Waals surface area contributed by atoms with Gasteiger partial charge in [0.25, 0.3) is 0 Å². The van der Waals surface area contributed by atoms with E-state index in [-0.39, 0.29) is 11.6 Å². The Kier molecular flexibility index (Phi) is 8.04. The van der Waals surface area contributed by atoms with Gasteiger partial charge in [0.05, 0.1) is 27.4 Å². The van der Waals surface area contributed by atoms with Crippen LogP contribution in [0.5, 0.6) is 23.0 Å². The van der Waals surface area contributed by atoms with Crippen LogP contribution in [0.25, 0.3) is 0 Å². The summed E-state index contributed by atoms with van der Waals surface area (Å²) in [5.41, 5.74) is 1.56. The van der Waals surface area contributed by atoms with Crippen LogP contribution in [0.4, 0.5) is 0 Å². The van der Waals surface area contributed by atoms with Crippen LogP contribution >= 0.6 is 0 Å². The summed E-state index contributed by atoms with van der Waals surface area (Å²) in [7, 11) is 3.03. The van der Waals surface area contributed by atoms with Gasteiger partial charge in [-0.1, -0.05) is 0 Å². The lowest BCUT2D eigenvalue weighted by Gasteiger charge is -2.13. The van der Waals surface area contributed by atoms with Crippen LogP contribution in [0, 0.1) is 0 Å². The largest absolute Gasteiger partial charge is 0.493 e. The Hall–Kier alpha value is -3.28. The molecule has 6 heteroatoms. The molecule has 0 saturated carbocycles. The number of carbonyl (C=O) groups is 2. The molecule has 6 nitrogen and oxygen atoms in total. The van der Waals surface area contributed by atoms with Gasteiger partial charge in [0.15, 0.2) is 34.6 Å². The SMILES string of the molecule is CCOc1ccc(C(=O)/C(C)=C(/C)C(=O)c2ccc(OCC)c(OC)c2)cc1OC. The smallest absolute Gasteiger partial charge is 0.189 e. The van der Waals surface area contributed by atoms with Gasteiger partial charge in [-0.25, -0.2) is 0 Å². The van der Waals surface area contributed by atoms with E-state index in [4.69, 9.17) is 18.9 Å². The highest BCUT2D eigenvalue weighted by Gasteiger charge is 2.19. The van der Waals surface area contributed by atoms with Crippen LogP contribution < -0.4 is 18.9 Å². The summed E-state index contributed by atoms with van der Waals surface area (Å²) in [5.74, 6) is 1.56. The van der Waals surface area contributed by atoms with E-state index >= 15 is 0 Å². The molecule has 0 unspecified atom stereocenters. The highest BCUT2D eigenvalue weighted by atomic mass is 16.5. The first kappa shape index (κ1) is 23.0. The number of ether oxygens (including phenoxy) is 4. The van der Waals surface area contributed by atoms with E-state index in [0.29, 0.717) is 58.5 Å². The summed E-state index contributed by atoms with van der Waals surface area (Å²) in [5, 5.41) is 0. The molecule has 2 rings (SSSR count). The van der Waals surface area contributed by atoms with Crippen LogP contribution in [0.15, 0.2) is 47.5 Å². The second-order valence-corrected chi connectivity index (χ2v) is 6.51. The van der Waals surface area contributed by atoms with Gasteiger partial charge >= 0.3 is 0 Å². The highest BCUT2D eigenvalue weighted by molar-refractivity contribution is 6.17. The topological polar surface area (TPSA) is 71.1 Å². The number of ketones is 2. The molecule has 0 N–H and O–H groups in total. The van der Waals surface area contributed by atoms with Crippen molar-refractivity contribution >= 4 is 11.6 Å². The maximum atomic E-state index is 13.0. The molecular weight excluding hydrogens is 384 g/mol. The molecule has 2 aromatic carbocycles. The van der Waals surface area contributed by atoms with E-state index < -0.39 is 0 Å². The van der Waals surface area contributed by atoms with Gasteiger partial charge in [0.2, 0.25) is 0 Å². The third-order valence-electron chi connectivity index (χ3n) is 4.69. The minimum absolute atomic E-state index is 0.250. The van der Waals surface area contributed by atoms with Gasteiger partial charge in [-0.05, 0) is 64.1 Å². The molecule has 0 aliphatic carbocycles. The van der Waals surface area contributed by atoms with E-state index in [2.05, 4.69) is 0 Å². The van der Waals surface area contributed by atoms with E-state index in [1.54, 1.807) is 50.2 Å². The lowest BCUT2D eigenvalue weighted by Crippen LogP contribution is -2.10. The fourth-order valence-corrected chi connectivity index (χ4v) is 2.94. The van der Waals surface area contributed by atoms with Gasteiger partial charge in [-0.15, -0.1) is 0 Å². The van der Waals surface area contributed by atoms with E-state index in [9.17, 15) is 9.59 Å². The molecule has 0 saturated heterocycles. The van der Waals surface area contributed by atoms with Crippen molar-refractivity contribution in [1.82, 2.24) is 0 Å². The van der Waals surface area contributed by atoms with Crippen LogP contribution in [0.1, 0.15) is 48.4 Å². The van der Waals surface area contributed by atoms with Crippen molar-refractivity contribution in [3.8, 4) is 23.0 Å². The molecule has 0 aliphatic rings. The van der Waals surface area contributed by atoms with E-state index in [0.717, 1.165) is 0 Å². The highest BCUT2D eigenvalue weighted by Crippen LogP contribution is 2.31. The third-order valence-corrected chi connectivity index (χ3v) is 4.69. The predicted molar refractivity (Wildman–Crippen MR) is 115 cm³/mol. The number of allylic oxidation sites excluding steroid dienone is 2. The summed E-state index contributed by atoms with van der Waals surface area (Å²) in [6, 6.07) is 9.95. The summed E-state index contributed by atoms with van der Waals surface area (Å²) in [4.78, 5) is 25.9. The normalized spacial score (nSPS) is 11.4. The van der Waals surface area contributed by atoms with Crippen molar-refractivity contribution in [3.05, 3.63) is 58.7 Å². The number of benzene rings is 2. The average Bonchev–Trinajstić information content (AvgIpc) is 2.77. The number of hydrogen-bond donors (Lipinski definition) is 0. The number of methoxy groups -OCH3 is 2. The zero-order chi connectivity index (χ0) is 22.3. The monoisotopic (exact) mass is 412 g/mol. The molecule has 2 aromatic rings. The van der Waals surface area contributed by atoms with E-state index in [1.807, 2.05) is 13.8 Å². The molecule has 160 valence electrons. The lowest BCUT2D eigenvalue weighted by atomic mass is 9.95. The van der Waals surface area contributed by atoms with Crippen molar-refractivity contribution in [2.45, 2.75) is 27.7 Å². The molecule has 0 fully saturated rings. The molecule has 0 amide bonds. The second kappa shape index (κ2) is 10.5. The number of rotatable bonds is 10. The fraction of sp³-hybridized carbons (Fsp3) is 0.333. The maximum absolute atomic E-state index is 13.0. The van der Waals surface area contributed by atoms with Crippen molar-refractivity contribution in [2.75, 3.05) is 27.4 Å². The van der Waals surface area contributed by atoms with Gasteiger partial charge in [-0.3, -0.25) is 9.59 Å². The first-order chi connectivity index (χ1) is 14.4. The second-order valence-electron chi connectivity index (χ2n) is 6.51. The minimum Gasteiger partial charge on any atom is -0.493 e. The Morgan fingerprint density at radius 1 is 0.667 bits per heavy atom. The van der Waals surface area contributed by atoms with Crippen LogP contribution in [-0.4, -0.2) is 39.0 Å². The van der Waals surface area contributed by atoms with Crippen LogP contribution in [0.3, 0.4) is 0 Å². The molecule has 0 radical (unpaired) electrons. The van der Waals surface area contributed by atoms with Gasteiger partial charge < -0.3 is 18.9 Å². The minimum atomic E-state index is -0.250. The first-order valence-electron chi connectivity index (χ1n) is 9.76. The summed E-state index contributed by atoms with van der Waals surface area (Å²) in [6.45, 7) is 8.00. The van der Waals surface area contributed by atoms with Gasteiger partial charge in [-0.2, -0.15) is 0 Å². The zero-order valence-electron chi connectivity index (χ0n) is 18.3. The lowest BCUT2D eigenvalue weighted by molar-refractivity contribution is 0.0999. The molecule has 0 atom stereocenters. The van der Waals surface area contributed by atoms with E-state index in [1.165, 1.54) is 14.2 Å². The predicted octanol–water partition coefficient (Wildman–Crippen LogP) is 4.90. The molecule has 0 spiro atoms. The van der Waals surface area contributed by atoms with Gasteiger partial charge in [0.1, 0.15) is 0 Å². The fourth-order valence-electron chi connectivity index (χ4n) is 2.94. The Morgan fingerprint density at radius 2 is 1.03 bits per heavy atom. The number of hydrogen-bond acceptors (Lipinski definition) is 6. The molecule has 0 aromatic heterocycles. The third kappa shape index (κ3) is 5.00. The van der Waals surface area contributed by atoms with Crippen molar-refractivity contribution in [1.29, 1.82) is 0 Å². The summed E-state index contributed by atoms with van der Waals surface area (Å²) < 4.78 is 21.6. The maximum Gasteiger partial charge on any atom is 0.189 e. The van der Waals surface area contributed by atoms with Crippen molar-refractivity contribution in [2.24, 2.45) is 0 Å². The molecule has 0 heterocycles. The molecule has 30 heavy (non-hydrogen) atoms. The molecular formula is C24H28O6. The van der Waals surface area contributed by atoms with Crippen LogP contribution in [0.2, 0.25) is 0 Å². The van der Waals surface area contributed by atoms with Gasteiger partial charge in [0, 0.05) is 22.3 Å². The molecule has 0 bridgehead atoms. The quantitative estimate of drug-likeness (QED) is 0.408. The number of carbonyl (C=O) groups excluding carboxylic acids is 2. The number of Topliss-reactive ketones (excluding diaryl/α,β-unsaturated/α-hetero) is 2. The average molecular weight is 412 g/mol. The Balaban J connectivity index is 2.35. The summed E-state index contributed by atoms with van der Waals surface area (Å²) in [6.07, 6.45) is 0. The Labute approximate surface area is 177 Å².